The number of benzene rings is 3. The lowest BCUT2D eigenvalue weighted by molar-refractivity contribution is -0.127. The molecule has 0 spiro atoms. The molecule has 0 bridgehead atoms. The van der Waals surface area contributed by atoms with E-state index in [1.54, 1.807) is 16.7 Å². The highest BCUT2D eigenvalue weighted by atomic mass is 32.2. The van der Waals surface area contributed by atoms with Crippen LogP contribution in [-0.4, -0.2) is 36.2 Å². The van der Waals surface area contributed by atoms with E-state index in [1.165, 1.54) is 0 Å². The summed E-state index contributed by atoms with van der Waals surface area (Å²) in [4.78, 5) is 40.6. The molecule has 0 aromatic heterocycles. The fraction of sp³-hybridized carbons (Fsp3) is 0.300. The monoisotopic (exact) mass is 530 g/mol. The van der Waals surface area contributed by atoms with Gasteiger partial charge in [-0.05, 0) is 47.7 Å². The van der Waals surface area contributed by atoms with E-state index in [9.17, 15) is 14.4 Å². The van der Waals surface area contributed by atoms with E-state index in [-0.39, 0.29) is 17.8 Å². The molecule has 38 heavy (non-hydrogen) atoms. The van der Waals surface area contributed by atoms with Crippen molar-refractivity contribution in [1.82, 2.24) is 16.0 Å². The average molecular weight is 531 g/mol. The van der Waals surface area contributed by atoms with Crippen molar-refractivity contribution in [3.05, 3.63) is 83.9 Å². The van der Waals surface area contributed by atoms with E-state index in [2.05, 4.69) is 16.0 Å². The molecule has 0 fully saturated rings. The van der Waals surface area contributed by atoms with Crippen LogP contribution in [0.5, 0.6) is 0 Å². The maximum absolute atomic E-state index is 13.6. The largest absolute Gasteiger partial charge is 0.343 e. The standard InChI is InChI=1S/C30H34N4O3S/c1-3-9-28(35)33-25-20-38-27-13-8-7-12-26(27)34(29(25)36)19-21-14-16-22(17-15-21)24-11-6-5-10-23(24)18-32-30(37)31-4-2/h5-8,10-17,25H,3-4,9,18-20H2,1-2H3,(H,33,35)(H2,31,32,37)/t25-/m1/s1. The summed E-state index contributed by atoms with van der Waals surface area (Å²) < 4.78 is 0. The van der Waals surface area contributed by atoms with Gasteiger partial charge < -0.3 is 20.9 Å². The average Bonchev–Trinajstić information content (AvgIpc) is 3.05. The van der Waals surface area contributed by atoms with Crippen molar-refractivity contribution < 1.29 is 14.4 Å². The Balaban J connectivity index is 1.54. The second-order valence-electron chi connectivity index (χ2n) is 9.14. The number of carbonyl (C=O) groups is 3. The van der Waals surface area contributed by atoms with Crippen molar-refractivity contribution in [1.29, 1.82) is 0 Å². The number of para-hydroxylation sites is 1. The molecule has 1 atom stereocenters. The van der Waals surface area contributed by atoms with Gasteiger partial charge in [0.2, 0.25) is 5.91 Å². The Labute approximate surface area is 228 Å². The molecular weight excluding hydrogens is 496 g/mol. The molecule has 4 rings (SSSR count). The molecule has 0 unspecified atom stereocenters. The van der Waals surface area contributed by atoms with Gasteiger partial charge in [-0.2, -0.15) is 0 Å². The zero-order valence-electron chi connectivity index (χ0n) is 21.8. The lowest BCUT2D eigenvalue weighted by Crippen LogP contribution is -2.49. The smallest absolute Gasteiger partial charge is 0.315 e. The van der Waals surface area contributed by atoms with Gasteiger partial charge in [-0.25, -0.2) is 4.79 Å². The highest BCUT2D eigenvalue weighted by Crippen LogP contribution is 2.35. The van der Waals surface area contributed by atoms with Crippen LogP contribution in [0.3, 0.4) is 0 Å². The summed E-state index contributed by atoms with van der Waals surface area (Å²) in [5.74, 6) is 0.307. The zero-order chi connectivity index (χ0) is 26.9. The van der Waals surface area contributed by atoms with Crippen molar-refractivity contribution in [3.8, 4) is 11.1 Å². The van der Waals surface area contributed by atoms with Gasteiger partial charge in [0.05, 0.1) is 12.2 Å². The summed E-state index contributed by atoms with van der Waals surface area (Å²) in [5, 5.41) is 8.58. The van der Waals surface area contributed by atoms with E-state index in [4.69, 9.17) is 0 Å². The Kier molecular flexibility index (Phi) is 9.43. The van der Waals surface area contributed by atoms with Crippen LogP contribution in [0.1, 0.15) is 37.8 Å². The molecular formula is C30H34N4O3S. The molecule has 4 amide bonds. The number of nitrogens with one attached hydrogen (secondary N) is 3. The first-order valence-electron chi connectivity index (χ1n) is 13.0. The third-order valence-corrected chi connectivity index (χ3v) is 7.49. The maximum Gasteiger partial charge on any atom is 0.315 e. The number of thioether (sulfide) groups is 1. The molecule has 1 heterocycles. The Morgan fingerprint density at radius 3 is 2.45 bits per heavy atom. The molecule has 7 nitrogen and oxygen atoms in total. The minimum absolute atomic E-state index is 0.0953. The summed E-state index contributed by atoms with van der Waals surface area (Å²) in [6.45, 7) is 5.23. The molecule has 0 aliphatic carbocycles. The van der Waals surface area contributed by atoms with Gasteiger partial charge in [-0.3, -0.25) is 9.59 Å². The number of hydrogen-bond acceptors (Lipinski definition) is 4. The number of anilines is 1. The van der Waals surface area contributed by atoms with Gasteiger partial charge in [-0.1, -0.05) is 67.6 Å². The van der Waals surface area contributed by atoms with Crippen molar-refractivity contribution >= 4 is 35.3 Å². The summed E-state index contributed by atoms with van der Waals surface area (Å²) in [5.41, 5.74) is 4.94. The van der Waals surface area contributed by atoms with Crippen LogP contribution in [0, 0.1) is 0 Å². The molecule has 3 aromatic rings. The Hall–Kier alpha value is -3.78. The highest BCUT2D eigenvalue weighted by Gasteiger charge is 2.31. The lowest BCUT2D eigenvalue weighted by Gasteiger charge is -2.26. The van der Waals surface area contributed by atoms with E-state index < -0.39 is 6.04 Å². The molecule has 0 radical (unpaired) electrons. The molecule has 198 valence electrons. The molecule has 3 N–H and O–H groups in total. The first-order valence-corrected chi connectivity index (χ1v) is 14.0. The fourth-order valence-electron chi connectivity index (χ4n) is 4.44. The molecule has 0 saturated heterocycles. The van der Waals surface area contributed by atoms with E-state index in [1.807, 2.05) is 86.6 Å². The van der Waals surface area contributed by atoms with Crippen molar-refractivity contribution in [3.63, 3.8) is 0 Å². The van der Waals surface area contributed by atoms with Crippen LogP contribution in [-0.2, 0) is 22.7 Å². The third-order valence-electron chi connectivity index (χ3n) is 6.34. The summed E-state index contributed by atoms with van der Waals surface area (Å²) in [7, 11) is 0. The predicted molar refractivity (Wildman–Crippen MR) is 153 cm³/mol. The number of amides is 4. The topological polar surface area (TPSA) is 90.5 Å². The van der Waals surface area contributed by atoms with Gasteiger partial charge in [0.1, 0.15) is 6.04 Å². The second kappa shape index (κ2) is 13.1. The second-order valence-corrected chi connectivity index (χ2v) is 10.2. The molecule has 0 saturated carbocycles. The molecule has 1 aliphatic heterocycles. The van der Waals surface area contributed by atoms with Crippen LogP contribution >= 0.6 is 11.8 Å². The molecule has 1 aliphatic rings. The Bertz CT molecular complexity index is 1280. The number of hydrogen-bond donors (Lipinski definition) is 3. The highest BCUT2D eigenvalue weighted by molar-refractivity contribution is 7.99. The normalized spacial score (nSPS) is 14.8. The van der Waals surface area contributed by atoms with Gasteiger partial charge in [0.15, 0.2) is 0 Å². The minimum atomic E-state index is -0.574. The summed E-state index contributed by atoms with van der Waals surface area (Å²) in [6.07, 6.45) is 1.14. The maximum atomic E-state index is 13.6. The van der Waals surface area contributed by atoms with Crippen molar-refractivity contribution in [2.24, 2.45) is 0 Å². The number of carbonyl (C=O) groups excluding carboxylic acids is 3. The number of nitrogens with zero attached hydrogens (tertiary/aromatic N) is 1. The number of urea groups is 1. The van der Waals surface area contributed by atoms with E-state index in [0.29, 0.717) is 31.8 Å². The summed E-state index contributed by atoms with van der Waals surface area (Å²) >= 11 is 1.60. The van der Waals surface area contributed by atoms with E-state index >= 15 is 0 Å². The Morgan fingerprint density at radius 1 is 0.947 bits per heavy atom. The van der Waals surface area contributed by atoms with E-state index in [0.717, 1.165) is 39.3 Å². The van der Waals surface area contributed by atoms with Gasteiger partial charge >= 0.3 is 6.03 Å². The minimum Gasteiger partial charge on any atom is -0.343 e. The van der Waals surface area contributed by atoms with Crippen LogP contribution in [0.4, 0.5) is 10.5 Å². The van der Waals surface area contributed by atoms with Crippen LogP contribution < -0.4 is 20.9 Å². The SMILES string of the molecule is CCCC(=O)N[C@@H]1CSc2ccccc2N(Cc2ccc(-c3ccccc3CNC(=O)NCC)cc2)C1=O. The zero-order valence-corrected chi connectivity index (χ0v) is 22.6. The van der Waals surface area contributed by atoms with Gasteiger partial charge in [0, 0.05) is 30.2 Å². The molecule has 3 aromatic carbocycles. The summed E-state index contributed by atoms with van der Waals surface area (Å²) in [6, 6.07) is 23.3. The number of rotatable bonds is 9. The third kappa shape index (κ3) is 6.75. The van der Waals surface area contributed by atoms with Crippen molar-refractivity contribution in [2.75, 3.05) is 17.2 Å². The van der Waals surface area contributed by atoms with Crippen LogP contribution in [0.15, 0.2) is 77.7 Å². The van der Waals surface area contributed by atoms with Crippen molar-refractivity contribution in [2.45, 2.75) is 50.7 Å². The van der Waals surface area contributed by atoms with Gasteiger partial charge in [-0.15, -0.1) is 11.8 Å². The predicted octanol–water partition coefficient (Wildman–Crippen LogP) is 5.10. The fourth-order valence-corrected chi connectivity index (χ4v) is 5.51. The quantitative estimate of drug-likeness (QED) is 0.359. The molecule has 8 heteroatoms. The first kappa shape index (κ1) is 27.3. The first-order chi connectivity index (χ1) is 18.5. The van der Waals surface area contributed by atoms with Crippen LogP contribution in [0.25, 0.3) is 11.1 Å². The lowest BCUT2D eigenvalue weighted by atomic mass is 9.98. The van der Waals surface area contributed by atoms with Crippen LogP contribution in [0.2, 0.25) is 0 Å². The van der Waals surface area contributed by atoms with Gasteiger partial charge in [0.25, 0.3) is 5.91 Å². The number of fused-ring (bicyclic) bond motifs is 1. The Morgan fingerprint density at radius 2 is 1.68 bits per heavy atom.